The van der Waals surface area contributed by atoms with Gasteiger partial charge < -0.3 is 19.7 Å². The highest BCUT2D eigenvalue weighted by Crippen LogP contribution is 2.29. The fourth-order valence-corrected chi connectivity index (χ4v) is 2.97. The number of fused-ring (bicyclic) bond motifs is 1. The largest absolute Gasteiger partial charge is 0.481 e. The van der Waals surface area contributed by atoms with Crippen LogP contribution in [0.5, 0.6) is 5.75 Å². The lowest BCUT2D eigenvalue weighted by molar-refractivity contribution is -0.138. The van der Waals surface area contributed by atoms with E-state index < -0.39 is 6.10 Å². The van der Waals surface area contributed by atoms with Gasteiger partial charge >= 0.3 is 0 Å². The predicted molar refractivity (Wildman–Crippen MR) is 97.7 cm³/mol. The average molecular weight is 372 g/mol. The van der Waals surface area contributed by atoms with E-state index in [2.05, 4.69) is 5.32 Å². The zero-order valence-electron chi connectivity index (χ0n) is 15.2. The molecule has 6 nitrogen and oxygen atoms in total. The lowest BCUT2D eigenvalue weighted by Crippen LogP contribution is -2.37. The van der Waals surface area contributed by atoms with Crippen LogP contribution in [0.4, 0.5) is 10.1 Å². The summed E-state index contributed by atoms with van der Waals surface area (Å²) in [4.78, 5) is 25.9. The SMILES string of the molecule is COCC(=O)Nc1ccc2c(c1)CN(Cc1ccccc1F)C(=O)C(C)O2. The standard InChI is InChI=1S/C20H21FN2O4/c1-13-20(25)23(10-14-5-3-4-6-17(14)21)11-15-9-16(7-8-18(15)27-13)22-19(24)12-26-2/h3-9,13H,10-12H2,1-2H3,(H,22,24). The number of halogens is 1. The molecule has 0 radical (unpaired) electrons. The van der Waals surface area contributed by atoms with Gasteiger partial charge in [0.05, 0.1) is 0 Å². The first-order valence-electron chi connectivity index (χ1n) is 8.58. The summed E-state index contributed by atoms with van der Waals surface area (Å²) in [5.41, 5.74) is 1.75. The third-order valence-corrected chi connectivity index (χ3v) is 4.26. The molecule has 1 N–H and O–H groups in total. The van der Waals surface area contributed by atoms with Gasteiger partial charge in [-0.05, 0) is 31.2 Å². The molecule has 1 atom stereocenters. The molecular formula is C20H21FN2O4. The highest BCUT2D eigenvalue weighted by Gasteiger charge is 2.28. The quantitative estimate of drug-likeness (QED) is 0.876. The van der Waals surface area contributed by atoms with Gasteiger partial charge in [0, 0.05) is 37.0 Å². The second-order valence-electron chi connectivity index (χ2n) is 6.35. The Morgan fingerprint density at radius 1 is 1.33 bits per heavy atom. The van der Waals surface area contributed by atoms with E-state index in [4.69, 9.17) is 9.47 Å². The summed E-state index contributed by atoms with van der Waals surface area (Å²) >= 11 is 0. The maximum absolute atomic E-state index is 14.0. The fraction of sp³-hybridized carbons (Fsp3) is 0.300. The number of ether oxygens (including phenoxy) is 2. The van der Waals surface area contributed by atoms with Crippen LogP contribution in [0.2, 0.25) is 0 Å². The van der Waals surface area contributed by atoms with Crippen molar-refractivity contribution in [1.82, 2.24) is 4.90 Å². The minimum atomic E-state index is -0.688. The Kier molecular flexibility index (Phi) is 5.71. The summed E-state index contributed by atoms with van der Waals surface area (Å²) in [6, 6.07) is 11.5. The van der Waals surface area contributed by atoms with Crippen molar-refractivity contribution in [2.75, 3.05) is 19.0 Å². The summed E-state index contributed by atoms with van der Waals surface area (Å²) in [6.45, 7) is 2.00. The molecule has 0 spiro atoms. The van der Waals surface area contributed by atoms with E-state index in [0.717, 1.165) is 5.56 Å². The van der Waals surface area contributed by atoms with Gasteiger partial charge in [-0.25, -0.2) is 4.39 Å². The number of carbonyl (C=O) groups excluding carboxylic acids is 2. The van der Waals surface area contributed by atoms with E-state index in [1.807, 2.05) is 0 Å². The van der Waals surface area contributed by atoms with E-state index >= 15 is 0 Å². The Morgan fingerprint density at radius 3 is 2.85 bits per heavy atom. The third kappa shape index (κ3) is 4.43. The number of amides is 2. The molecule has 27 heavy (non-hydrogen) atoms. The van der Waals surface area contributed by atoms with Crippen LogP contribution in [0.25, 0.3) is 0 Å². The van der Waals surface area contributed by atoms with Crippen LogP contribution < -0.4 is 10.1 Å². The lowest BCUT2D eigenvalue weighted by atomic mass is 10.1. The summed E-state index contributed by atoms with van der Waals surface area (Å²) in [6.07, 6.45) is -0.688. The van der Waals surface area contributed by atoms with Crippen molar-refractivity contribution in [3.63, 3.8) is 0 Å². The highest BCUT2D eigenvalue weighted by molar-refractivity contribution is 5.92. The minimum absolute atomic E-state index is 0.0531. The smallest absolute Gasteiger partial charge is 0.263 e. The van der Waals surface area contributed by atoms with Gasteiger partial charge in [0.1, 0.15) is 18.2 Å². The molecule has 0 bridgehead atoms. The number of hydrogen-bond acceptors (Lipinski definition) is 4. The predicted octanol–water partition coefficient (Wildman–Crippen LogP) is 2.72. The second-order valence-corrected chi connectivity index (χ2v) is 6.35. The first-order chi connectivity index (χ1) is 13.0. The molecule has 0 aliphatic carbocycles. The van der Waals surface area contributed by atoms with Crippen molar-refractivity contribution < 1.29 is 23.5 Å². The van der Waals surface area contributed by atoms with E-state index in [1.54, 1.807) is 48.2 Å². The molecule has 2 aromatic rings. The van der Waals surface area contributed by atoms with Crippen molar-refractivity contribution in [2.45, 2.75) is 26.1 Å². The topological polar surface area (TPSA) is 67.9 Å². The van der Waals surface area contributed by atoms with Gasteiger partial charge in [0.25, 0.3) is 5.91 Å². The molecule has 0 fully saturated rings. The van der Waals surface area contributed by atoms with Crippen LogP contribution in [-0.2, 0) is 27.4 Å². The monoisotopic (exact) mass is 372 g/mol. The molecule has 1 aliphatic heterocycles. The number of nitrogens with one attached hydrogen (secondary N) is 1. The number of anilines is 1. The van der Waals surface area contributed by atoms with Crippen LogP contribution in [0, 0.1) is 5.82 Å². The first kappa shape index (κ1) is 18.8. The van der Waals surface area contributed by atoms with Crippen LogP contribution in [0.1, 0.15) is 18.1 Å². The number of rotatable bonds is 5. The zero-order chi connectivity index (χ0) is 19.4. The summed E-state index contributed by atoms with van der Waals surface area (Å²) in [5, 5.41) is 2.73. The number of benzene rings is 2. The number of methoxy groups -OCH3 is 1. The third-order valence-electron chi connectivity index (χ3n) is 4.26. The molecule has 0 saturated carbocycles. The van der Waals surface area contributed by atoms with Crippen molar-refractivity contribution >= 4 is 17.5 Å². The molecule has 2 amide bonds. The number of carbonyl (C=O) groups is 2. The lowest BCUT2D eigenvalue weighted by Gasteiger charge is -2.22. The second kappa shape index (κ2) is 8.18. The van der Waals surface area contributed by atoms with Crippen molar-refractivity contribution in [2.24, 2.45) is 0 Å². The first-order valence-corrected chi connectivity index (χ1v) is 8.58. The average Bonchev–Trinajstić information content (AvgIpc) is 2.74. The Morgan fingerprint density at radius 2 is 2.11 bits per heavy atom. The Hall–Kier alpha value is -2.93. The van der Waals surface area contributed by atoms with Gasteiger partial charge in [-0.2, -0.15) is 0 Å². The van der Waals surface area contributed by atoms with Crippen LogP contribution in [0.15, 0.2) is 42.5 Å². The molecule has 0 saturated heterocycles. The van der Waals surface area contributed by atoms with Gasteiger partial charge in [0.15, 0.2) is 6.10 Å². The van der Waals surface area contributed by atoms with Crippen LogP contribution in [0.3, 0.4) is 0 Å². The number of hydrogen-bond donors (Lipinski definition) is 1. The molecule has 2 aromatic carbocycles. The molecular weight excluding hydrogens is 351 g/mol. The molecule has 0 aromatic heterocycles. The van der Waals surface area contributed by atoms with Crippen molar-refractivity contribution in [3.8, 4) is 5.75 Å². The maximum atomic E-state index is 14.0. The van der Waals surface area contributed by atoms with E-state index in [1.165, 1.54) is 13.2 Å². The molecule has 142 valence electrons. The van der Waals surface area contributed by atoms with E-state index in [0.29, 0.717) is 17.0 Å². The van der Waals surface area contributed by atoms with Gasteiger partial charge in [0.2, 0.25) is 5.91 Å². The number of nitrogens with zero attached hydrogens (tertiary/aromatic N) is 1. The Bertz CT molecular complexity index is 856. The highest BCUT2D eigenvalue weighted by atomic mass is 19.1. The van der Waals surface area contributed by atoms with Gasteiger partial charge in [-0.1, -0.05) is 18.2 Å². The van der Waals surface area contributed by atoms with Crippen LogP contribution >= 0.6 is 0 Å². The Labute approximate surface area is 156 Å². The minimum Gasteiger partial charge on any atom is -0.481 e. The van der Waals surface area contributed by atoms with E-state index in [-0.39, 0.29) is 37.3 Å². The van der Waals surface area contributed by atoms with Crippen LogP contribution in [-0.4, -0.2) is 36.5 Å². The summed E-state index contributed by atoms with van der Waals surface area (Å²) in [7, 11) is 1.44. The zero-order valence-corrected chi connectivity index (χ0v) is 15.2. The molecule has 7 heteroatoms. The van der Waals surface area contributed by atoms with Gasteiger partial charge in [-0.3, -0.25) is 9.59 Å². The van der Waals surface area contributed by atoms with Crippen molar-refractivity contribution in [3.05, 3.63) is 59.4 Å². The Balaban J connectivity index is 1.85. The summed E-state index contributed by atoms with van der Waals surface area (Å²) < 4.78 is 24.6. The molecule has 1 unspecified atom stereocenters. The molecule has 1 aliphatic rings. The normalized spacial score (nSPS) is 16.3. The van der Waals surface area contributed by atoms with E-state index in [9.17, 15) is 14.0 Å². The van der Waals surface area contributed by atoms with Crippen molar-refractivity contribution in [1.29, 1.82) is 0 Å². The van der Waals surface area contributed by atoms with Gasteiger partial charge in [-0.15, -0.1) is 0 Å². The molecule has 3 rings (SSSR count). The maximum Gasteiger partial charge on any atom is 0.263 e. The fourth-order valence-electron chi connectivity index (χ4n) is 2.97. The summed E-state index contributed by atoms with van der Waals surface area (Å²) in [5.74, 6) is -0.292. The molecule has 1 heterocycles.